The molecule has 0 aromatic rings. The largest absolute Gasteiger partial charge is 0.374 e. The summed E-state index contributed by atoms with van der Waals surface area (Å²) in [5.74, 6) is 0.719. The smallest absolute Gasteiger partial charge is 0.0726 e. The van der Waals surface area contributed by atoms with Crippen LogP contribution in [0.5, 0.6) is 0 Å². The fourth-order valence-corrected chi connectivity index (χ4v) is 3.03. The van der Waals surface area contributed by atoms with Crippen LogP contribution in [0.1, 0.15) is 53.4 Å². The Morgan fingerprint density at radius 2 is 2.07 bits per heavy atom. The van der Waals surface area contributed by atoms with Gasteiger partial charge >= 0.3 is 0 Å². The molecule has 1 aliphatic carbocycles. The van der Waals surface area contributed by atoms with Gasteiger partial charge in [-0.1, -0.05) is 39.3 Å². The van der Waals surface area contributed by atoms with Crippen molar-refractivity contribution in [3.05, 3.63) is 11.6 Å². The fourth-order valence-electron chi connectivity index (χ4n) is 3.03. The summed E-state index contributed by atoms with van der Waals surface area (Å²) in [6.45, 7) is 10.2. The molecule has 1 nitrogen and oxygen atoms in total. The molecule has 0 aromatic carbocycles. The second-order valence-electron chi connectivity index (χ2n) is 6.45. The van der Waals surface area contributed by atoms with Crippen molar-refractivity contribution in [3.8, 4) is 0 Å². The van der Waals surface area contributed by atoms with E-state index in [9.17, 15) is 0 Å². The van der Waals surface area contributed by atoms with Crippen molar-refractivity contribution in [2.75, 3.05) is 6.61 Å². The topological polar surface area (TPSA) is 9.23 Å². The molecule has 1 heterocycles. The quantitative estimate of drug-likeness (QED) is 0.593. The zero-order valence-electron chi connectivity index (χ0n) is 10.6. The van der Waals surface area contributed by atoms with Gasteiger partial charge in [0.2, 0.25) is 0 Å². The lowest BCUT2D eigenvalue weighted by molar-refractivity contribution is -0.00630. The predicted octanol–water partition coefficient (Wildman–Crippen LogP) is 3.94. The maximum Gasteiger partial charge on any atom is 0.0726 e. The lowest BCUT2D eigenvalue weighted by atomic mass is 9.75. The number of hydrogen-bond acceptors (Lipinski definition) is 1. The van der Waals surface area contributed by atoms with E-state index < -0.39 is 0 Å². The van der Waals surface area contributed by atoms with Crippen LogP contribution < -0.4 is 0 Å². The van der Waals surface area contributed by atoms with Gasteiger partial charge in [-0.3, -0.25) is 0 Å². The molecule has 15 heavy (non-hydrogen) atoms. The van der Waals surface area contributed by atoms with E-state index in [1.54, 1.807) is 5.57 Å². The third-order valence-corrected chi connectivity index (χ3v) is 3.92. The van der Waals surface area contributed by atoms with Crippen LogP contribution in [0.15, 0.2) is 11.6 Å². The zero-order chi connectivity index (χ0) is 11.1. The summed E-state index contributed by atoms with van der Waals surface area (Å²) < 4.78 is 6.08. The maximum atomic E-state index is 6.08. The van der Waals surface area contributed by atoms with Gasteiger partial charge in [-0.05, 0) is 37.0 Å². The van der Waals surface area contributed by atoms with Gasteiger partial charge in [-0.25, -0.2) is 0 Å². The van der Waals surface area contributed by atoms with Gasteiger partial charge in [0.25, 0.3) is 0 Å². The van der Waals surface area contributed by atoms with Crippen molar-refractivity contribution in [2.24, 2.45) is 11.3 Å². The second kappa shape index (κ2) is 3.62. The molecule has 0 amide bonds. The van der Waals surface area contributed by atoms with E-state index in [2.05, 4.69) is 33.8 Å². The molecule has 1 saturated heterocycles. The maximum absolute atomic E-state index is 6.08. The minimum absolute atomic E-state index is 0.196. The molecule has 1 fully saturated rings. The van der Waals surface area contributed by atoms with Gasteiger partial charge < -0.3 is 4.74 Å². The van der Waals surface area contributed by atoms with Crippen molar-refractivity contribution in [3.63, 3.8) is 0 Å². The van der Waals surface area contributed by atoms with Gasteiger partial charge in [0.15, 0.2) is 0 Å². The van der Waals surface area contributed by atoms with Crippen molar-refractivity contribution in [2.45, 2.75) is 59.0 Å². The number of rotatable bonds is 1. The van der Waals surface area contributed by atoms with Crippen molar-refractivity contribution >= 4 is 0 Å². The highest BCUT2D eigenvalue weighted by molar-refractivity contribution is 5.14. The van der Waals surface area contributed by atoms with Crippen LogP contribution in [-0.4, -0.2) is 12.2 Å². The summed E-state index contributed by atoms with van der Waals surface area (Å²) in [5, 5.41) is 0. The molecule has 1 unspecified atom stereocenters. The summed E-state index contributed by atoms with van der Waals surface area (Å²) in [7, 11) is 0. The van der Waals surface area contributed by atoms with Crippen LogP contribution in [0.4, 0.5) is 0 Å². The van der Waals surface area contributed by atoms with E-state index in [1.807, 2.05) is 0 Å². The average molecular weight is 208 g/mol. The highest BCUT2D eigenvalue weighted by atomic mass is 16.5. The van der Waals surface area contributed by atoms with Gasteiger partial charge in [0.1, 0.15) is 0 Å². The number of allylic oxidation sites excluding steroid dienone is 1. The average Bonchev–Trinajstić information content (AvgIpc) is 2.43. The Morgan fingerprint density at radius 3 is 2.47 bits per heavy atom. The molecule has 0 saturated carbocycles. The summed E-state index contributed by atoms with van der Waals surface area (Å²) in [6.07, 6.45) is 7.30. The first kappa shape index (κ1) is 11.2. The molecule has 0 radical (unpaired) electrons. The summed E-state index contributed by atoms with van der Waals surface area (Å²) >= 11 is 0. The Labute approximate surface area is 93.9 Å². The molecular weight excluding hydrogens is 184 g/mol. The molecule has 0 N–H and O–H groups in total. The van der Waals surface area contributed by atoms with Gasteiger partial charge in [0.05, 0.1) is 12.2 Å². The highest BCUT2D eigenvalue weighted by Crippen LogP contribution is 2.46. The fraction of sp³-hybridized carbons (Fsp3) is 0.857. The summed E-state index contributed by atoms with van der Waals surface area (Å²) in [5.41, 5.74) is 2.22. The van der Waals surface area contributed by atoms with Crippen LogP contribution in [0.25, 0.3) is 0 Å². The van der Waals surface area contributed by atoms with Crippen LogP contribution in [0.3, 0.4) is 0 Å². The van der Waals surface area contributed by atoms with Gasteiger partial charge in [-0.2, -0.15) is 0 Å². The molecule has 1 heteroatoms. The van der Waals surface area contributed by atoms with Crippen molar-refractivity contribution in [1.29, 1.82) is 0 Å². The monoisotopic (exact) mass is 208 g/mol. The minimum atomic E-state index is 0.196. The SMILES string of the molecule is CC(C)C1=CCC2(CC1)CC(C)(C)CO2. The van der Waals surface area contributed by atoms with Crippen molar-refractivity contribution < 1.29 is 4.74 Å². The van der Waals surface area contributed by atoms with Crippen LogP contribution in [0, 0.1) is 11.3 Å². The molecule has 1 spiro atoms. The van der Waals surface area contributed by atoms with Crippen LogP contribution >= 0.6 is 0 Å². The third kappa shape index (κ3) is 2.28. The Hall–Kier alpha value is -0.300. The molecule has 2 aliphatic rings. The molecule has 2 rings (SSSR count). The molecule has 0 aromatic heterocycles. The molecule has 1 aliphatic heterocycles. The lowest BCUT2D eigenvalue weighted by Crippen LogP contribution is -2.31. The van der Waals surface area contributed by atoms with Gasteiger partial charge in [-0.15, -0.1) is 0 Å². The molecule has 86 valence electrons. The highest BCUT2D eigenvalue weighted by Gasteiger charge is 2.44. The van der Waals surface area contributed by atoms with E-state index in [0.717, 1.165) is 18.9 Å². The third-order valence-electron chi connectivity index (χ3n) is 3.92. The van der Waals surface area contributed by atoms with E-state index in [0.29, 0.717) is 5.41 Å². The Bertz CT molecular complexity index is 275. The van der Waals surface area contributed by atoms with Crippen LogP contribution in [-0.2, 0) is 4.74 Å². The molecule has 0 bridgehead atoms. The number of ether oxygens (including phenoxy) is 1. The molecule has 1 atom stereocenters. The first-order valence-electron chi connectivity index (χ1n) is 6.25. The normalized spacial score (nSPS) is 34.9. The van der Waals surface area contributed by atoms with E-state index >= 15 is 0 Å². The lowest BCUT2D eigenvalue weighted by Gasteiger charge is -2.33. The van der Waals surface area contributed by atoms with Crippen molar-refractivity contribution in [1.82, 2.24) is 0 Å². The first-order valence-corrected chi connectivity index (χ1v) is 6.25. The Morgan fingerprint density at radius 1 is 1.33 bits per heavy atom. The van der Waals surface area contributed by atoms with E-state index in [4.69, 9.17) is 4.74 Å². The summed E-state index contributed by atoms with van der Waals surface area (Å²) in [4.78, 5) is 0. The predicted molar refractivity (Wildman–Crippen MR) is 63.9 cm³/mol. The van der Waals surface area contributed by atoms with E-state index in [1.165, 1.54) is 19.3 Å². The zero-order valence-corrected chi connectivity index (χ0v) is 10.6. The Kier molecular flexibility index (Phi) is 2.70. The standard InChI is InChI=1S/C14H24O/c1-11(2)12-5-7-14(8-6-12)9-13(3,4)10-15-14/h5,11H,6-10H2,1-4H3. The van der Waals surface area contributed by atoms with Gasteiger partial charge in [0, 0.05) is 0 Å². The minimum Gasteiger partial charge on any atom is -0.374 e. The summed E-state index contributed by atoms with van der Waals surface area (Å²) in [6, 6.07) is 0. The molecular formula is C14H24O. The Balaban J connectivity index is 2.05. The van der Waals surface area contributed by atoms with E-state index in [-0.39, 0.29) is 5.60 Å². The second-order valence-corrected chi connectivity index (χ2v) is 6.45. The first-order chi connectivity index (χ1) is 6.93. The number of hydrogen-bond donors (Lipinski definition) is 0. The van der Waals surface area contributed by atoms with Crippen LogP contribution in [0.2, 0.25) is 0 Å².